The maximum Gasteiger partial charge on any atom is 0.0622 e. The SMILES string of the molecule is CCCCC(CC)COCC(NCC)C(C)C. The Bertz CT molecular complexity index is 159. The summed E-state index contributed by atoms with van der Waals surface area (Å²) < 4.78 is 5.90. The summed E-state index contributed by atoms with van der Waals surface area (Å²) in [7, 11) is 0. The van der Waals surface area contributed by atoms with E-state index in [0.717, 1.165) is 25.7 Å². The van der Waals surface area contributed by atoms with E-state index < -0.39 is 0 Å². The largest absolute Gasteiger partial charge is 0.380 e. The average Bonchev–Trinajstić information content (AvgIpc) is 2.31. The van der Waals surface area contributed by atoms with Crippen molar-refractivity contribution in [3.63, 3.8) is 0 Å². The van der Waals surface area contributed by atoms with Gasteiger partial charge in [0.25, 0.3) is 0 Å². The van der Waals surface area contributed by atoms with E-state index >= 15 is 0 Å². The Labute approximate surface area is 109 Å². The van der Waals surface area contributed by atoms with Crippen LogP contribution in [0, 0.1) is 11.8 Å². The second-order valence-corrected chi connectivity index (χ2v) is 5.36. The number of hydrogen-bond acceptors (Lipinski definition) is 2. The molecule has 0 aliphatic heterocycles. The van der Waals surface area contributed by atoms with Crippen molar-refractivity contribution < 1.29 is 4.74 Å². The lowest BCUT2D eigenvalue weighted by atomic mass is 10.0. The second-order valence-electron chi connectivity index (χ2n) is 5.36. The molecule has 0 radical (unpaired) electrons. The Balaban J connectivity index is 3.76. The van der Waals surface area contributed by atoms with E-state index in [4.69, 9.17) is 4.74 Å². The molecule has 1 N–H and O–H groups in total. The van der Waals surface area contributed by atoms with E-state index in [-0.39, 0.29) is 0 Å². The molecular weight excluding hydrogens is 210 g/mol. The van der Waals surface area contributed by atoms with Gasteiger partial charge in [-0.05, 0) is 24.8 Å². The highest BCUT2D eigenvalue weighted by Gasteiger charge is 2.13. The number of likely N-dealkylation sites (N-methyl/N-ethyl adjacent to an activating group) is 1. The first-order chi connectivity index (χ1) is 8.15. The zero-order chi connectivity index (χ0) is 13.1. The highest BCUT2D eigenvalue weighted by molar-refractivity contribution is 4.69. The zero-order valence-electron chi connectivity index (χ0n) is 12.6. The lowest BCUT2D eigenvalue weighted by Gasteiger charge is -2.23. The minimum absolute atomic E-state index is 0.503. The molecule has 0 heterocycles. The maximum absolute atomic E-state index is 5.90. The first kappa shape index (κ1) is 16.9. The van der Waals surface area contributed by atoms with Gasteiger partial charge in [-0.15, -0.1) is 0 Å². The fourth-order valence-corrected chi connectivity index (χ4v) is 2.01. The van der Waals surface area contributed by atoms with Gasteiger partial charge in [-0.25, -0.2) is 0 Å². The molecule has 0 aromatic heterocycles. The van der Waals surface area contributed by atoms with Crippen molar-refractivity contribution in [2.75, 3.05) is 19.8 Å². The van der Waals surface area contributed by atoms with Gasteiger partial charge in [0.05, 0.1) is 6.61 Å². The number of hydrogen-bond donors (Lipinski definition) is 1. The van der Waals surface area contributed by atoms with E-state index in [1.807, 2.05) is 0 Å². The molecule has 2 unspecified atom stereocenters. The number of nitrogens with one attached hydrogen (secondary N) is 1. The van der Waals surface area contributed by atoms with Gasteiger partial charge in [-0.3, -0.25) is 0 Å². The van der Waals surface area contributed by atoms with Crippen LogP contribution in [0.4, 0.5) is 0 Å². The quantitative estimate of drug-likeness (QED) is 0.595. The Hall–Kier alpha value is -0.0800. The molecule has 0 amide bonds. The predicted molar refractivity (Wildman–Crippen MR) is 76.4 cm³/mol. The van der Waals surface area contributed by atoms with Gasteiger partial charge in [-0.1, -0.05) is 53.9 Å². The summed E-state index contributed by atoms with van der Waals surface area (Å²) >= 11 is 0. The molecule has 0 spiro atoms. The first-order valence-electron chi connectivity index (χ1n) is 7.46. The molecule has 0 rings (SSSR count). The molecule has 17 heavy (non-hydrogen) atoms. The minimum atomic E-state index is 0.503. The first-order valence-corrected chi connectivity index (χ1v) is 7.46. The van der Waals surface area contributed by atoms with Crippen LogP contribution >= 0.6 is 0 Å². The Morgan fingerprint density at radius 2 is 1.76 bits per heavy atom. The van der Waals surface area contributed by atoms with Crippen LogP contribution in [0.25, 0.3) is 0 Å². The number of unbranched alkanes of at least 4 members (excludes halogenated alkanes) is 1. The molecule has 0 bridgehead atoms. The fraction of sp³-hybridized carbons (Fsp3) is 1.00. The van der Waals surface area contributed by atoms with Crippen molar-refractivity contribution in [3.05, 3.63) is 0 Å². The highest BCUT2D eigenvalue weighted by Crippen LogP contribution is 2.13. The molecule has 0 aliphatic carbocycles. The summed E-state index contributed by atoms with van der Waals surface area (Å²) in [5.41, 5.74) is 0. The normalized spacial score (nSPS) is 15.2. The van der Waals surface area contributed by atoms with Crippen LogP contribution in [-0.2, 0) is 4.74 Å². The van der Waals surface area contributed by atoms with Crippen molar-refractivity contribution in [1.29, 1.82) is 0 Å². The summed E-state index contributed by atoms with van der Waals surface area (Å²) in [6, 6.07) is 0.503. The number of rotatable bonds is 11. The van der Waals surface area contributed by atoms with Crippen molar-refractivity contribution in [2.24, 2.45) is 11.8 Å². The Kier molecular flexibility index (Phi) is 11.0. The molecule has 2 atom stereocenters. The van der Waals surface area contributed by atoms with E-state index in [9.17, 15) is 0 Å². The Morgan fingerprint density at radius 3 is 2.24 bits per heavy atom. The highest BCUT2D eigenvalue weighted by atomic mass is 16.5. The molecule has 104 valence electrons. The van der Waals surface area contributed by atoms with Gasteiger partial charge in [0, 0.05) is 12.6 Å². The van der Waals surface area contributed by atoms with Crippen LogP contribution < -0.4 is 5.32 Å². The zero-order valence-corrected chi connectivity index (χ0v) is 12.6. The molecule has 0 saturated heterocycles. The van der Waals surface area contributed by atoms with E-state index in [0.29, 0.717) is 12.0 Å². The maximum atomic E-state index is 5.90. The van der Waals surface area contributed by atoms with Crippen molar-refractivity contribution >= 4 is 0 Å². The topological polar surface area (TPSA) is 21.3 Å². The lowest BCUT2D eigenvalue weighted by Crippen LogP contribution is -2.38. The molecule has 2 nitrogen and oxygen atoms in total. The summed E-state index contributed by atoms with van der Waals surface area (Å²) in [6.45, 7) is 14.0. The third-order valence-corrected chi connectivity index (χ3v) is 3.47. The van der Waals surface area contributed by atoms with Crippen LogP contribution in [0.3, 0.4) is 0 Å². The average molecular weight is 243 g/mol. The third kappa shape index (κ3) is 8.62. The predicted octanol–water partition coefficient (Wildman–Crippen LogP) is 3.85. The molecule has 0 fully saturated rings. The van der Waals surface area contributed by atoms with E-state index in [1.165, 1.54) is 25.7 Å². The molecule has 0 aromatic carbocycles. The monoisotopic (exact) mass is 243 g/mol. The van der Waals surface area contributed by atoms with Crippen LogP contribution in [0.5, 0.6) is 0 Å². The van der Waals surface area contributed by atoms with E-state index in [2.05, 4.69) is 39.9 Å². The molecule has 2 heteroatoms. The van der Waals surface area contributed by atoms with Crippen molar-refractivity contribution in [1.82, 2.24) is 5.32 Å². The van der Waals surface area contributed by atoms with Crippen LogP contribution in [0.1, 0.15) is 60.3 Å². The lowest BCUT2D eigenvalue weighted by molar-refractivity contribution is 0.0674. The van der Waals surface area contributed by atoms with Gasteiger partial charge < -0.3 is 10.1 Å². The third-order valence-electron chi connectivity index (χ3n) is 3.47. The van der Waals surface area contributed by atoms with Gasteiger partial charge in [0.15, 0.2) is 0 Å². The Morgan fingerprint density at radius 1 is 1.06 bits per heavy atom. The fourth-order valence-electron chi connectivity index (χ4n) is 2.01. The summed E-state index contributed by atoms with van der Waals surface area (Å²) in [6.07, 6.45) is 5.19. The van der Waals surface area contributed by atoms with Crippen LogP contribution in [-0.4, -0.2) is 25.8 Å². The molecule has 0 aromatic rings. The van der Waals surface area contributed by atoms with Crippen molar-refractivity contribution in [3.8, 4) is 0 Å². The molecular formula is C15H33NO. The van der Waals surface area contributed by atoms with Gasteiger partial charge in [-0.2, -0.15) is 0 Å². The standard InChI is InChI=1S/C15H33NO/c1-6-9-10-14(7-2)11-17-12-15(13(4)5)16-8-3/h13-16H,6-12H2,1-5H3. The smallest absolute Gasteiger partial charge is 0.0622 e. The van der Waals surface area contributed by atoms with Gasteiger partial charge in [0.1, 0.15) is 0 Å². The number of ether oxygens (including phenoxy) is 1. The molecule has 0 saturated carbocycles. The van der Waals surface area contributed by atoms with Gasteiger partial charge >= 0.3 is 0 Å². The van der Waals surface area contributed by atoms with Gasteiger partial charge in [0.2, 0.25) is 0 Å². The van der Waals surface area contributed by atoms with Crippen LogP contribution in [0.2, 0.25) is 0 Å². The molecule has 0 aliphatic rings. The second kappa shape index (κ2) is 11.0. The van der Waals surface area contributed by atoms with Crippen molar-refractivity contribution in [2.45, 2.75) is 66.3 Å². The summed E-state index contributed by atoms with van der Waals surface area (Å²) in [5.74, 6) is 1.40. The summed E-state index contributed by atoms with van der Waals surface area (Å²) in [5, 5.41) is 3.49. The van der Waals surface area contributed by atoms with E-state index in [1.54, 1.807) is 0 Å². The van der Waals surface area contributed by atoms with Crippen LogP contribution in [0.15, 0.2) is 0 Å². The summed E-state index contributed by atoms with van der Waals surface area (Å²) in [4.78, 5) is 0. The minimum Gasteiger partial charge on any atom is -0.380 e.